The largest absolute Gasteiger partial charge is 0.444 e. The molecule has 21 heavy (non-hydrogen) atoms. The van der Waals surface area contributed by atoms with Gasteiger partial charge in [-0.1, -0.05) is 13.8 Å². The lowest BCUT2D eigenvalue weighted by atomic mass is 10.0. The van der Waals surface area contributed by atoms with E-state index >= 15 is 0 Å². The Labute approximate surface area is 128 Å². The first kappa shape index (κ1) is 19.7. The van der Waals surface area contributed by atoms with Crippen LogP contribution in [0.1, 0.15) is 48.0 Å². The van der Waals surface area contributed by atoms with Gasteiger partial charge in [0.15, 0.2) is 0 Å². The molecular weight excluding hydrogens is 270 g/mol. The molecule has 0 aliphatic carbocycles. The van der Waals surface area contributed by atoms with E-state index < -0.39 is 11.7 Å². The summed E-state index contributed by atoms with van der Waals surface area (Å²) in [6.07, 6.45) is 0.299. The Morgan fingerprint density at radius 2 is 1.71 bits per heavy atom. The predicted octanol–water partition coefficient (Wildman–Crippen LogP) is 1.65. The number of hydrogen-bond donors (Lipinski definition) is 3. The molecule has 6 heteroatoms. The van der Waals surface area contributed by atoms with Crippen LogP contribution in [0, 0.1) is 5.92 Å². The maximum absolute atomic E-state index is 11.8. The predicted molar refractivity (Wildman–Crippen MR) is 84.1 cm³/mol. The Hall–Kier alpha value is -1.30. The highest BCUT2D eigenvalue weighted by molar-refractivity contribution is 5.81. The summed E-state index contributed by atoms with van der Waals surface area (Å²) >= 11 is 0. The van der Waals surface area contributed by atoms with Crippen molar-refractivity contribution in [1.29, 1.82) is 0 Å². The molecule has 6 nitrogen and oxygen atoms in total. The van der Waals surface area contributed by atoms with Gasteiger partial charge in [-0.2, -0.15) is 0 Å². The molecule has 0 aromatic rings. The van der Waals surface area contributed by atoms with Crippen molar-refractivity contribution in [2.45, 2.75) is 65.6 Å². The molecule has 0 spiro atoms. The molecule has 0 bridgehead atoms. The van der Waals surface area contributed by atoms with Gasteiger partial charge in [0.2, 0.25) is 5.91 Å². The van der Waals surface area contributed by atoms with Gasteiger partial charge in [0, 0.05) is 19.6 Å². The van der Waals surface area contributed by atoms with Crippen LogP contribution < -0.4 is 16.0 Å². The van der Waals surface area contributed by atoms with E-state index in [0.29, 0.717) is 12.5 Å². The number of hydrogen-bond acceptors (Lipinski definition) is 4. The van der Waals surface area contributed by atoms with Gasteiger partial charge >= 0.3 is 6.09 Å². The summed E-state index contributed by atoms with van der Waals surface area (Å²) in [7, 11) is 1.63. The molecule has 0 aliphatic rings. The highest BCUT2D eigenvalue weighted by Crippen LogP contribution is 2.07. The first-order valence-corrected chi connectivity index (χ1v) is 7.49. The lowest BCUT2D eigenvalue weighted by molar-refractivity contribution is -0.123. The fourth-order valence-corrected chi connectivity index (χ4v) is 1.85. The molecular formula is C15H31N3O3. The first-order valence-electron chi connectivity index (χ1n) is 7.49. The van der Waals surface area contributed by atoms with E-state index in [-0.39, 0.29) is 18.0 Å². The van der Waals surface area contributed by atoms with Gasteiger partial charge in [0.1, 0.15) is 5.60 Å². The normalized spacial score (nSPS) is 14.5. The summed E-state index contributed by atoms with van der Waals surface area (Å²) in [5, 5.41) is 8.59. The molecule has 2 amide bonds. The molecule has 0 aliphatic heterocycles. The molecule has 2 atom stereocenters. The number of likely N-dealkylation sites (N-methyl/N-ethyl adjacent to an activating group) is 1. The lowest BCUT2D eigenvalue weighted by Gasteiger charge is -2.25. The van der Waals surface area contributed by atoms with Gasteiger partial charge in [-0.15, -0.1) is 0 Å². The van der Waals surface area contributed by atoms with Crippen LogP contribution in [0.5, 0.6) is 0 Å². The highest BCUT2D eigenvalue weighted by Gasteiger charge is 2.21. The Kier molecular flexibility index (Phi) is 8.32. The van der Waals surface area contributed by atoms with Crippen LogP contribution in [-0.2, 0) is 9.53 Å². The van der Waals surface area contributed by atoms with Crippen molar-refractivity contribution >= 4 is 12.0 Å². The number of alkyl carbamates (subject to hydrolysis) is 1. The molecule has 0 saturated heterocycles. The highest BCUT2D eigenvalue weighted by atomic mass is 16.6. The third-order valence-electron chi connectivity index (χ3n) is 2.71. The van der Waals surface area contributed by atoms with Crippen LogP contribution in [0.2, 0.25) is 0 Å². The van der Waals surface area contributed by atoms with Crippen molar-refractivity contribution in [3.05, 3.63) is 0 Å². The van der Waals surface area contributed by atoms with E-state index in [4.69, 9.17) is 4.74 Å². The van der Waals surface area contributed by atoms with Gasteiger partial charge in [-0.05, 0) is 40.0 Å². The number of carbonyl (C=O) groups is 2. The van der Waals surface area contributed by atoms with Crippen molar-refractivity contribution in [3.63, 3.8) is 0 Å². The summed E-state index contributed by atoms with van der Waals surface area (Å²) in [6, 6.07) is -0.288. The van der Waals surface area contributed by atoms with Gasteiger partial charge in [0.25, 0.3) is 0 Å². The second-order valence-corrected chi connectivity index (χ2v) is 6.75. The molecule has 3 N–H and O–H groups in total. The molecule has 0 heterocycles. The third kappa shape index (κ3) is 10.1. The maximum atomic E-state index is 11.8. The summed E-state index contributed by atoms with van der Waals surface area (Å²) in [6.45, 7) is 11.9. The van der Waals surface area contributed by atoms with E-state index in [1.54, 1.807) is 7.05 Å². The van der Waals surface area contributed by atoms with E-state index in [0.717, 1.165) is 6.42 Å². The third-order valence-corrected chi connectivity index (χ3v) is 2.71. The second-order valence-electron chi connectivity index (χ2n) is 6.75. The topological polar surface area (TPSA) is 79.5 Å². The van der Waals surface area contributed by atoms with Gasteiger partial charge in [-0.25, -0.2) is 4.79 Å². The van der Waals surface area contributed by atoms with E-state index in [1.807, 2.05) is 27.7 Å². The zero-order valence-electron chi connectivity index (χ0n) is 14.4. The van der Waals surface area contributed by atoms with E-state index in [2.05, 4.69) is 29.8 Å². The Morgan fingerprint density at radius 1 is 1.14 bits per heavy atom. The molecule has 0 fully saturated rings. The van der Waals surface area contributed by atoms with Crippen LogP contribution in [0.3, 0.4) is 0 Å². The molecule has 0 saturated carbocycles. The molecule has 0 aromatic carbocycles. The zero-order valence-corrected chi connectivity index (χ0v) is 14.4. The Morgan fingerprint density at radius 3 is 2.14 bits per heavy atom. The maximum Gasteiger partial charge on any atom is 0.407 e. The average Bonchev–Trinajstić information content (AvgIpc) is 2.32. The van der Waals surface area contributed by atoms with E-state index in [9.17, 15) is 9.59 Å². The smallest absolute Gasteiger partial charge is 0.407 e. The van der Waals surface area contributed by atoms with Crippen LogP contribution in [0.4, 0.5) is 4.79 Å². The number of amides is 2. The van der Waals surface area contributed by atoms with Gasteiger partial charge in [0.05, 0.1) is 6.04 Å². The SMILES string of the molecule is CNC(=O)C(CC(C)C)NC(C)CNC(=O)OC(C)(C)C. The quantitative estimate of drug-likeness (QED) is 0.668. The lowest BCUT2D eigenvalue weighted by Crippen LogP contribution is -2.50. The number of carbonyl (C=O) groups excluding carboxylic acids is 2. The van der Waals surface area contributed by atoms with Crippen molar-refractivity contribution in [3.8, 4) is 0 Å². The molecule has 2 unspecified atom stereocenters. The summed E-state index contributed by atoms with van der Waals surface area (Å²) in [5.74, 6) is 0.374. The first-order chi connectivity index (χ1) is 9.55. The van der Waals surface area contributed by atoms with Crippen LogP contribution in [0.15, 0.2) is 0 Å². The number of nitrogens with one attached hydrogen (secondary N) is 3. The second kappa shape index (κ2) is 8.87. The van der Waals surface area contributed by atoms with Crippen molar-refractivity contribution in [1.82, 2.24) is 16.0 Å². The van der Waals surface area contributed by atoms with Crippen LogP contribution in [0.25, 0.3) is 0 Å². The Balaban J connectivity index is 4.28. The van der Waals surface area contributed by atoms with E-state index in [1.165, 1.54) is 0 Å². The monoisotopic (exact) mass is 301 g/mol. The van der Waals surface area contributed by atoms with Gasteiger partial charge in [-0.3, -0.25) is 4.79 Å². The molecule has 0 rings (SSSR count). The Bertz CT molecular complexity index is 338. The van der Waals surface area contributed by atoms with Gasteiger partial charge < -0.3 is 20.7 Å². The van der Waals surface area contributed by atoms with Crippen molar-refractivity contribution < 1.29 is 14.3 Å². The fourth-order valence-electron chi connectivity index (χ4n) is 1.85. The molecule has 0 radical (unpaired) electrons. The minimum Gasteiger partial charge on any atom is -0.444 e. The van der Waals surface area contributed by atoms with Crippen molar-refractivity contribution in [2.24, 2.45) is 5.92 Å². The number of ether oxygens (including phenoxy) is 1. The summed E-state index contributed by atoms with van der Waals surface area (Å²) < 4.78 is 5.17. The standard InChI is InChI=1S/C15H31N3O3/c1-10(2)8-12(13(19)16-7)18-11(3)9-17-14(20)21-15(4,5)6/h10-12,18H,8-9H2,1-7H3,(H,16,19)(H,17,20). The van der Waals surface area contributed by atoms with Crippen LogP contribution >= 0.6 is 0 Å². The molecule has 124 valence electrons. The molecule has 0 aromatic heterocycles. The van der Waals surface area contributed by atoms with Crippen LogP contribution in [-0.4, -0.2) is 43.3 Å². The fraction of sp³-hybridized carbons (Fsp3) is 0.867. The minimum atomic E-state index is -0.511. The average molecular weight is 301 g/mol. The summed E-state index contributed by atoms with van der Waals surface area (Å²) in [5.41, 5.74) is -0.511. The van der Waals surface area contributed by atoms with Crippen molar-refractivity contribution in [2.75, 3.05) is 13.6 Å². The zero-order chi connectivity index (χ0) is 16.6. The number of rotatable bonds is 7. The minimum absolute atomic E-state index is 0.0291. The summed E-state index contributed by atoms with van der Waals surface area (Å²) in [4.78, 5) is 23.4.